The Morgan fingerprint density at radius 1 is 0.243 bits per heavy atom. The van der Waals surface area contributed by atoms with Crippen LogP contribution in [0.15, 0.2) is 291 Å². The molecule has 38 heteroatoms. The fourth-order valence-corrected chi connectivity index (χ4v) is 14.2. The summed E-state index contributed by atoms with van der Waals surface area (Å²) in [5.74, 6) is -14.5. The van der Waals surface area contributed by atoms with Gasteiger partial charge in [-0.3, -0.25) is 19.2 Å². The molecule has 0 saturated carbocycles. The van der Waals surface area contributed by atoms with Crippen LogP contribution in [0.3, 0.4) is 0 Å². The van der Waals surface area contributed by atoms with Crippen LogP contribution in [0, 0.1) is 0 Å². The molecule has 16 aromatic rings. The van der Waals surface area contributed by atoms with Crippen molar-refractivity contribution in [3.05, 3.63) is 313 Å². The number of aliphatic hydroxyl groups excluding tert-OH is 2. The van der Waals surface area contributed by atoms with Crippen LogP contribution in [0.5, 0.6) is 0 Å². The van der Waals surface area contributed by atoms with Crippen molar-refractivity contribution >= 4 is 226 Å². The number of hydrogen-bond acceptors (Lipinski definition) is 14. The number of hydrogen-bond donors (Lipinski definition) is 6. The van der Waals surface area contributed by atoms with Gasteiger partial charge >= 0.3 is 87.3 Å². The maximum atomic E-state index is 12.9. The van der Waals surface area contributed by atoms with Crippen molar-refractivity contribution in [2.24, 2.45) is 0 Å². The number of rotatable bonds is 12. The Balaban J connectivity index is 0.000000234. The predicted octanol–water partition coefficient (Wildman–Crippen LogP) is 22.1. The molecule has 0 atom stereocenters. The minimum absolute atomic E-state index is 0. The first kappa shape index (κ1) is 110. The van der Waals surface area contributed by atoms with Gasteiger partial charge < -0.3 is 71.1 Å². The number of nitrogens with one attached hydrogen (secondary N) is 4. The van der Waals surface area contributed by atoms with Gasteiger partial charge in [0, 0.05) is 103 Å². The smallest absolute Gasteiger partial charge is 0.545 e. The average molecular weight is 2170 g/mol. The molecular weight excluding hydrogens is 2100 g/mol. The van der Waals surface area contributed by atoms with Crippen LogP contribution in [-0.4, -0.2) is 104 Å². The zero-order chi connectivity index (χ0) is 98.4. The van der Waals surface area contributed by atoms with Crippen LogP contribution in [0.4, 0.5) is 75.4 Å². The van der Waals surface area contributed by atoms with E-state index in [2.05, 4.69) is 0 Å². The van der Waals surface area contributed by atoms with Crippen molar-refractivity contribution < 1.29 is 161 Å². The third-order valence-electron chi connectivity index (χ3n) is 19.3. The fraction of sp³-hybridized carbons (Fsp3) is 0.102. The molecule has 18 nitrogen and oxygen atoms in total. The van der Waals surface area contributed by atoms with E-state index in [1.54, 1.807) is 257 Å². The second-order valence-corrected chi connectivity index (χ2v) is 31.7. The number of carbonyl (C=O) groups excluding carboxylic acids is 8. The first-order valence-corrected chi connectivity index (χ1v) is 41.6. The van der Waals surface area contributed by atoms with E-state index in [1.165, 1.54) is 48.5 Å². The molecule has 0 spiro atoms. The van der Waals surface area contributed by atoms with Crippen LogP contribution in [0.25, 0.3) is 131 Å². The standard InChI is InChI=1S/4C23H14F3NO3.2C2H6O.2CHCl3.2Rh/c4*24-23(25,26)22(30)27-18-12-10-14-6-2-4-8-16(14)20(18)19-15-7-3-1-5-13(15)9-11-17(19)21(28)29;2*1-2-3;2*2-1(3)4;;/h4*1-12H,(H,27,30)(H,28,29);2*3H,2H2,1H3;2*1H;;/q;;;;;;;;2*+2/p-4. The van der Waals surface area contributed by atoms with Crippen molar-refractivity contribution in [2.45, 2.75) is 47.1 Å². The molecular formula is C98H66Cl6F12N4O14Rh2. The number of anilines is 4. The molecule has 0 aliphatic carbocycles. The Hall–Kier alpha value is -12.6. The number of amides is 4. The maximum Gasteiger partial charge on any atom is 2.00 e. The first-order chi connectivity index (χ1) is 63.4. The Morgan fingerprint density at radius 2 is 0.360 bits per heavy atom. The third-order valence-corrected chi connectivity index (χ3v) is 19.3. The van der Waals surface area contributed by atoms with E-state index in [0.29, 0.717) is 86.2 Å². The molecule has 4 amide bonds. The third kappa shape index (κ3) is 27.9. The number of aromatic carboxylic acids is 4. The zero-order valence-corrected chi connectivity index (χ0v) is 77.4. The molecule has 136 heavy (non-hydrogen) atoms. The number of carboxylic acids is 4. The molecule has 2 radical (unpaired) electrons. The van der Waals surface area contributed by atoms with E-state index in [9.17, 15) is 111 Å². The van der Waals surface area contributed by atoms with Crippen LogP contribution >= 0.6 is 69.6 Å². The van der Waals surface area contributed by atoms with Gasteiger partial charge in [-0.15, -0.1) is 0 Å². The summed E-state index contributed by atoms with van der Waals surface area (Å²) in [7, 11) is 0. The Bertz CT molecular complexity index is 6270. The number of alkyl halides is 18. The first-order valence-electron chi connectivity index (χ1n) is 39.0. The number of carbonyl (C=O) groups is 8. The number of carboxylic acid groups (broad SMARTS) is 4. The molecule has 0 aromatic heterocycles. The molecule has 0 unspecified atom stereocenters. The summed E-state index contributed by atoms with van der Waals surface area (Å²) in [5, 5.41) is 79.8. The van der Waals surface area contributed by atoms with Crippen molar-refractivity contribution in [2.75, 3.05) is 34.5 Å². The molecule has 0 bridgehead atoms. The molecule has 0 aliphatic rings. The monoisotopic (exact) mass is 2170 g/mol. The number of halogens is 18. The van der Waals surface area contributed by atoms with Gasteiger partial charge in [0.15, 0.2) is 8.59 Å². The maximum absolute atomic E-state index is 12.9. The summed E-state index contributed by atoms with van der Waals surface area (Å²) < 4.78 is 154. The molecule has 0 saturated heterocycles. The van der Waals surface area contributed by atoms with Crippen LogP contribution in [-0.2, 0) is 58.1 Å². The van der Waals surface area contributed by atoms with Crippen molar-refractivity contribution in [1.29, 1.82) is 0 Å². The minimum Gasteiger partial charge on any atom is -0.545 e. The summed E-state index contributed by atoms with van der Waals surface area (Å²) in [4.78, 5) is 94.2. The van der Waals surface area contributed by atoms with Crippen LogP contribution in [0.1, 0.15) is 55.3 Å². The number of fused-ring (bicyclic) bond motifs is 8. The van der Waals surface area contributed by atoms with E-state index in [-0.39, 0.29) is 142 Å². The number of aliphatic hydroxyl groups is 2. The van der Waals surface area contributed by atoms with Crippen molar-refractivity contribution in [3.8, 4) is 44.5 Å². The summed E-state index contributed by atoms with van der Waals surface area (Å²) in [6.45, 7) is 3.86. The summed E-state index contributed by atoms with van der Waals surface area (Å²) >= 11 is 28.8. The van der Waals surface area contributed by atoms with Gasteiger partial charge in [0.1, 0.15) is 0 Å². The van der Waals surface area contributed by atoms with E-state index in [1.807, 2.05) is 21.3 Å². The molecule has 16 aromatic carbocycles. The summed E-state index contributed by atoms with van der Waals surface area (Å²) in [6.07, 6.45) is -20.4. The van der Waals surface area contributed by atoms with Crippen LogP contribution in [0.2, 0.25) is 0 Å². The van der Waals surface area contributed by atoms with Gasteiger partial charge in [-0.2, -0.15) is 52.7 Å². The Morgan fingerprint density at radius 3 is 0.485 bits per heavy atom. The molecule has 0 fully saturated rings. The number of benzene rings is 16. The van der Waals surface area contributed by atoms with E-state index < -0.39 is 80.8 Å². The summed E-state index contributed by atoms with van der Waals surface area (Å²) in [5.41, 5.74) is 0.135. The van der Waals surface area contributed by atoms with Crippen LogP contribution < -0.4 is 41.7 Å². The second kappa shape index (κ2) is 49.3. The quantitative estimate of drug-likeness (QED) is 0.0376. The largest absolute Gasteiger partial charge is 2.00 e. The Labute approximate surface area is 820 Å². The van der Waals surface area contributed by atoms with Crippen molar-refractivity contribution in [3.63, 3.8) is 0 Å². The van der Waals surface area contributed by atoms with Gasteiger partial charge in [0.2, 0.25) is 0 Å². The van der Waals surface area contributed by atoms with Gasteiger partial charge in [-0.05, 0) is 124 Å². The predicted molar refractivity (Wildman–Crippen MR) is 492 cm³/mol. The van der Waals surface area contributed by atoms with Gasteiger partial charge in [-0.25, -0.2) is 0 Å². The SMILES string of the molecule is CCO.CCO.ClC(Cl)Cl.ClC(Cl)Cl.O=C([O-])c1ccc2ccccc2c1-c1c(NC(=O)C(F)(F)F)ccc2ccccc12.O=C([O-])c1ccc2ccccc2c1-c1c(NC(=O)C(F)(F)F)ccc2ccccc12.O=C([O-])c1ccc2ccccc2c1-c1c(NC(=O)C(F)(F)F)ccc2ccccc12.O=C([O-])c1ccc2ccccc2c1-c1c(NC(=O)C(F)(F)F)ccc2ccccc12.[Rh+2].[Rh+2]. The molecule has 0 heterocycles. The zero-order valence-electron chi connectivity index (χ0n) is 69.5. The topological polar surface area (TPSA) is 317 Å². The molecule has 16 rings (SSSR count). The summed E-state index contributed by atoms with van der Waals surface area (Å²) in [6, 6.07) is 78.4. The van der Waals surface area contributed by atoms with Gasteiger partial charge in [-0.1, -0.05) is 337 Å². The van der Waals surface area contributed by atoms with Gasteiger partial charge in [0.25, 0.3) is 0 Å². The average Bonchev–Trinajstić information content (AvgIpc) is 0.761. The van der Waals surface area contributed by atoms with Crippen molar-refractivity contribution in [1.82, 2.24) is 0 Å². The molecule has 6 N–H and O–H groups in total. The minimum atomic E-state index is -5.10. The Kier molecular flexibility index (Phi) is 40.0. The van der Waals surface area contributed by atoms with E-state index >= 15 is 0 Å². The normalized spacial score (nSPS) is 11.0. The fourth-order valence-electron chi connectivity index (χ4n) is 14.2. The second-order valence-electron chi connectivity index (χ2n) is 27.8. The molecule has 706 valence electrons. The van der Waals surface area contributed by atoms with Gasteiger partial charge in [0.05, 0.1) is 23.9 Å². The van der Waals surface area contributed by atoms with E-state index in [4.69, 9.17) is 79.8 Å². The molecule has 0 aliphatic heterocycles. The van der Waals surface area contributed by atoms with E-state index in [0.717, 1.165) is 0 Å².